The molecule has 7 rings (SSSR count). The van der Waals surface area contributed by atoms with E-state index in [9.17, 15) is 24.0 Å². The molecule has 0 spiro atoms. The lowest BCUT2D eigenvalue weighted by molar-refractivity contribution is -0.137. The molecule has 49 heavy (non-hydrogen) atoms. The summed E-state index contributed by atoms with van der Waals surface area (Å²) in [5, 5.41) is 0. The van der Waals surface area contributed by atoms with Crippen LogP contribution in [0.3, 0.4) is 0 Å². The van der Waals surface area contributed by atoms with Crippen LogP contribution in [0.5, 0.6) is 0 Å². The molecule has 0 bridgehead atoms. The molecule has 0 aliphatic carbocycles. The van der Waals surface area contributed by atoms with E-state index in [2.05, 4.69) is 0 Å². The lowest BCUT2D eigenvalue weighted by Crippen LogP contribution is -2.50. The summed E-state index contributed by atoms with van der Waals surface area (Å²) >= 11 is 0. The fourth-order valence-corrected chi connectivity index (χ4v) is 7.30. The molecular weight excluding hydrogens is 626 g/mol. The van der Waals surface area contributed by atoms with Gasteiger partial charge < -0.3 is 36.5 Å². The van der Waals surface area contributed by atoms with Crippen molar-refractivity contribution in [2.75, 3.05) is 32.0 Å². The lowest BCUT2D eigenvalue weighted by atomic mass is 9.87. The van der Waals surface area contributed by atoms with Crippen molar-refractivity contribution in [3.8, 4) is 0 Å². The monoisotopic (exact) mass is 667 g/mol. The SMILES string of the molecule is NC(=O)c1ccccc1C(Cc1ccccc1)C(=O)N1CCC2OCC(=O)C21.Nc1ccc(CC(N)C(=O)N2CCC3OCC(=O)C32)cc1. The van der Waals surface area contributed by atoms with Gasteiger partial charge in [0.1, 0.15) is 25.3 Å². The summed E-state index contributed by atoms with van der Waals surface area (Å²) in [6.07, 6.45) is 1.84. The number of carbonyl (C=O) groups excluding carboxylic acids is 5. The normalized spacial score (nSPS) is 23.8. The smallest absolute Gasteiger partial charge is 0.249 e. The number of hydrogen-bond acceptors (Lipinski definition) is 9. The predicted molar refractivity (Wildman–Crippen MR) is 180 cm³/mol. The number of likely N-dealkylation sites (tertiary alicyclic amines) is 2. The fourth-order valence-electron chi connectivity index (χ4n) is 7.30. The van der Waals surface area contributed by atoms with Crippen LogP contribution in [0.2, 0.25) is 0 Å². The molecule has 4 heterocycles. The standard InChI is InChI=1S/C22H22N2O4.C15H19N3O3/c23-21(26)16-9-5-4-8-15(16)17(12-14-6-2-1-3-7-14)22(27)24-11-10-19-20(24)18(25)13-28-19;16-10-3-1-9(2-4-10)7-11(17)15(20)18-6-5-13-14(18)12(19)8-21-13/h1-9,17,19-20H,10-13H2,(H2,23,26);1-4,11,13-14H,5-8,16-17H2. The van der Waals surface area contributed by atoms with E-state index in [4.69, 9.17) is 26.7 Å². The third-order valence-electron chi connectivity index (χ3n) is 9.73. The van der Waals surface area contributed by atoms with Gasteiger partial charge >= 0.3 is 0 Å². The molecule has 6 unspecified atom stereocenters. The van der Waals surface area contributed by atoms with Crippen molar-refractivity contribution in [1.29, 1.82) is 0 Å². The second kappa shape index (κ2) is 14.7. The highest BCUT2D eigenvalue weighted by molar-refractivity contribution is 5.99. The van der Waals surface area contributed by atoms with Crippen LogP contribution in [0.15, 0.2) is 78.9 Å². The van der Waals surface area contributed by atoms with Crippen molar-refractivity contribution in [2.45, 2.75) is 61.9 Å². The average Bonchev–Trinajstić information content (AvgIpc) is 3.90. The van der Waals surface area contributed by atoms with Crippen molar-refractivity contribution in [3.05, 3.63) is 101 Å². The summed E-state index contributed by atoms with van der Waals surface area (Å²) in [5.41, 5.74) is 20.8. The molecule has 4 fully saturated rings. The van der Waals surface area contributed by atoms with E-state index in [1.54, 1.807) is 46.2 Å². The number of amides is 3. The summed E-state index contributed by atoms with van der Waals surface area (Å²) in [4.78, 5) is 65.3. The first-order valence-electron chi connectivity index (χ1n) is 16.5. The molecule has 4 aliphatic heterocycles. The molecular formula is C37H41N5O7. The predicted octanol–water partition coefficient (Wildman–Crippen LogP) is 1.39. The molecule has 3 aromatic carbocycles. The molecule has 0 saturated carbocycles. The summed E-state index contributed by atoms with van der Waals surface area (Å²) in [6.45, 7) is 1.17. The highest BCUT2D eigenvalue weighted by Crippen LogP contribution is 2.33. The van der Waals surface area contributed by atoms with E-state index in [1.807, 2.05) is 42.5 Å². The van der Waals surface area contributed by atoms with E-state index in [0.29, 0.717) is 55.6 Å². The van der Waals surface area contributed by atoms with Crippen LogP contribution < -0.4 is 17.2 Å². The van der Waals surface area contributed by atoms with E-state index >= 15 is 0 Å². The maximum Gasteiger partial charge on any atom is 0.249 e. The number of benzene rings is 3. The molecule has 12 nitrogen and oxygen atoms in total. The minimum atomic E-state index is -0.652. The third-order valence-corrected chi connectivity index (χ3v) is 9.73. The van der Waals surface area contributed by atoms with Gasteiger partial charge in [-0.2, -0.15) is 0 Å². The van der Waals surface area contributed by atoms with E-state index in [0.717, 1.165) is 11.1 Å². The summed E-state index contributed by atoms with van der Waals surface area (Å²) < 4.78 is 10.9. The van der Waals surface area contributed by atoms with E-state index in [1.165, 1.54) is 0 Å². The second-order valence-corrected chi connectivity index (χ2v) is 12.9. The van der Waals surface area contributed by atoms with Gasteiger partial charge in [-0.05, 0) is 60.6 Å². The Balaban J connectivity index is 0.000000177. The van der Waals surface area contributed by atoms with Crippen molar-refractivity contribution < 1.29 is 33.4 Å². The number of ketones is 2. The van der Waals surface area contributed by atoms with E-state index < -0.39 is 30.0 Å². The largest absolute Gasteiger partial charge is 0.399 e. The van der Waals surface area contributed by atoms with Crippen LogP contribution in [-0.4, -0.2) is 95.7 Å². The molecule has 0 radical (unpaired) electrons. The quantitative estimate of drug-likeness (QED) is 0.298. The van der Waals surface area contributed by atoms with Gasteiger partial charge in [-0.1, -0.05) is 60.7 Å². The molecule has 4 aliphatic rings. The molecule has 6 N–H and O–H groups in total. The van der Waals surface area contributed by atoms with Gasteiger partial charge in [-0.3, -0.25) is 24.0 Å². The molecule has 0 aromatic heterocycles. The first kappa shape index (κ1) is 34.0. The van der Waals surface area contributed by atoms with Gasteiger partial charge in [0.05, 0.1) is 24.2 Å². The van der Waals surface area contributed by atoms with Crippen LogP contribution in [-0.2, 0) is 41.5 Å². The average molecular weight is 668 g/mol. The van der Waals surface area contributed by atoms with Crippen molar-refractivity contribution in [2.24, 2.45) is 11.5 Å². The van der Waals surface area contributed by atoms with Gasteiger partial charge in [-0.15, -0.1) is 0 Å². The number of Topliss-reactive ketones (excluding diaryl/α,β-unsaturated/α-hetero) is 2. The molecule has 6 atom stereocenters. The molecule has 12 heteroatoms. The number of primary amides is 1. The minimum absolute atomic E-state index is 0.0227. The van der Waals surface area contributed by atoms with Gasteiger partial charge in [0.25, 0.3) is 0 Å². The fraction of sp³-hybridized carbons (Fsp3) is 0.378. The number of hydrogen-bond donors (Lipinski definition) is 3. The highest BCUT2D eigenvalue weighted by atomic mass is 16.5. The number of nitrogens with two attached hydrogens (primary N) is 3. The molecule has 4 saturated heterocycles. The number of fused-ring (bicyclic) bond motifs is 2. The first-order valence-corrected chi connectivity index (χ1v) is 16.5. The Labute approximate surface area is 284 Å². The summed E-state index contributed by atoms with van der Waals surface area (Å²) in [6, 6.07) is 22.3. The Morgan fingerprint density at radius 2 is 1.24 bits per heavy atom. The highest BCUT2D eigenvalue weighted by Gasteiger charge is 2.49. The van der Waals surface area contributed by atoms with Gasteiger partial charge in [0.15, 0.2) is 11.6 Å². The minimum Gasteiger partial charge on any atom is -0.399 e. The van der Waals surface area contributed by atoms with E-state index in [-0.39, 0.29) is 48.8 Å². The van der Waals surface area contributed by atoms with Crippen molar-refractivity contribution in [3.63, 3.8) is 0 Å². The van der Waals surface area contributed by atoms with Gasteiger partial charge in [0.2, 0.25) is 17.7 Å². The summed E-state index contributed by atoms with van der Waals surface area (Å²) in [7, 11) is 0. The van der Waals surface area contributed by atoms with Crippen LogP contribution >= 0.6 is 0 Å². The van der Waals surface area contributed by atoms with Crippen molar-refractivity contribution >= 4 is 35.0 Å². The number of anilines is 1. The van der Waals surface area contributed by atoms with Crippen LogP contribution in [0.1, 0.15) is 45.8 Å². The number of ether oxygens (including phenoxy) is 2. The lowest BCUT2D eigenvalue weighted by Gasteiger charge is -2.28. The second-order valence-electron chi connectivity index (χ2n) is 12.9. The Morgan fingerprint density at radius 1 is 0.714 bits per heavy atom. The zero-order valence-electron chi connectivity index (χ0n) is 27.1. The summed E-state index contributed by atoms with van der Waals surface area (Å²) in [5.74, 6) is -1.59. The van der Waals surface area contributed by atoms with Crippen molar-refractivity contribution in [1.82, 2.24) is 9.80 Å². The number of nitrogen functional groups attached to an aromatic ring is 1. The van der Waals surface area contributed by atoms with Crippen LogP contribution in [0.4, 0.5) is 5.69 Å². The topological polar surface area (TPSA) is 188 Å². The Morgan fingerprint density at radius 3 is 1.84 bits per heavy atom. The van der Waals surface area contributed by atoms with Crippen LogP contribution in [0.25, 0.3) is 0 Å². The van der Waals surface area contributed by atoms with Gasteiger partial charge in [-0.25, -0.2) is 0 Å². The maximum absolute atomic E-state index is 13.6. The molecule has 3 amide bonds. The first-order chi connectivity index (χ1) is 23.6. The molecule has 256 valence electrons. The number of nitrogens with zero attached hydrogens (tertiary/aromatic N) is 2. The number of rotatable bonds is 8. The zero-order valence-corrected chi connectivity index (χ0v) is 27.1. The Hall–Kier alpha value is -4.91. The van der Waals surface area contributed by atoms with Gasteiger partial charge in [0, 0.05) is 24.3 Å². The van der Waals surface area contributed by atoms with Crippen LogP contribution in [0, 0.1) is 0 Å². The molecule has 3 aromatic rings. The Bertz CT molecular complexity index is 1720. The zero-order chi connectivity index (χ0) is 34.7. The third kappa shape index (κ3) is 7.26. The number of carbonyl (C=O) groups is 5. The Kier molecular flexibility index (Phi) is 10.2. The maximum atomic E-state index is 13.6.